The maximum Gasteiger partial charge on any atom is 0.240 e. The standard InChI is InChI=1S/C24H26N4O/c1-19-8-6-7-11-23(19)26(2)24(29)18-27-14-12-20(13-15-27)21-16-25-28(17-21)22-9-4-3-5-10-22/h3-12,16-17H,13-15,18H2,1-2H3. The normalized spacial score (nSPS) is 14.5. The molecule has 1 aromatic heterocycles. The number of hydrogen-bond donors (Lipinski definition) is 0. The Balaban J connectivity index is 1.38. The fourth-order valence-electron chi connectivity index (χ4n) is 3.70. The van der Waals surface area contributed by atoms with Gasteiger partial charge in [0.1, 0.15) is 0 Å². The summed E-state index contributed by atoms with van der Waals surface area (Å²) in [4.78, 5) is 16.7. The molecule has 0 radical (unpaired) electrons. The summed E-state index contributed by atoms with van der Waals surface area (Å²) in [6.07, 6.45) is 7.14. The minimum Gasteiger partial charge on any atom is -0.314 e. The van der Waals surface area contributed by atoms with Gasteiger partial charge in [0.25, 0.3) is 0 Å². The van der Waals surface area contributed by atoms with Gasteiger partial charge in [-0.15, -0.1) is 0 Å². The van der Waals surface area contributed by atoms with Crippen LogP contribution < -0.4 is 4.90 Å². The maximum absolute atomic E-state index is 12.7. The zero-order chi connectivity index (χ0) is 20.2. The predicted octanol–water partition coefficient (Wildman–Crippen LogP) is 3.93. The lowest BCUT2D eigenvalue weighted by molar-refractivity contribution is -0.119. The molecule has 29 heavy (non-hydrogen) atoms. The van der Waals surface area contributed by atoms with Gasteiger partial charge in [-0.1, -0.05) is 42.5 Å². The predicted molar refractivity (Wildman–Crippen MR) is 117 cm³/mol. The van der Waals surface area contributed by atoms with E-state index in [-0.39, 0.29) is 5.91 Å². The Bertz CT molecular complexity index is 1020. The monoisotopic (exact) mass is 386 g/mol. The summed E-state index contributed by atoms with van der Waals surface area (Å²) < 4.78 is 1.91. The van der Waals surface area contributed by atoms with Gasteiger partial charge in [-0.3, -0.25) is 9.69 Å². The molecule has 4 rings (SSSR count). The molecule has 0 unspecified atom stereocenters. The first-order valence-electron chi connectivity index (χ1n) is 9.96. The van der Waals surface area contributed by atoms with E-state index >= 15 is 0 Å². The molecule has 2 aromatic carbocycles. The van der Waals surface area contributed by atoms with Gasteiger partial charge in [0.15, 0.2) is 0 Å². The number of rotatable bonds is 5. The van der Waals surface area contributed by atoms with Gasteiger partial charge in [-0.2, -0.15) is 5.10 Å². The largest absolute Gasteiger partial charge is 0.314 e. The fraction of sp³-hybridized carbons (Fsp3) is 0.250. The van der Waals surface area contributed by atoms with Crippen molar-refractivity contribution in [2.24, 2.45) is 0 Å². The summed E-state index contributed by atoms with van der Waals surface area (Å²) in [5.74, 6) is 0.119. The highest BCUT2D eigenvalue weighted by Gasteiger charge is 2.20. The van der Waals surface area contributed by atoms with Crippen molar-refractivity contribution >= 4 is 17.2 Å². The zero-order valence-electron chi connectivity index (χ0n) is 17.0. The first-order valence-corrected chi connectivity index (χ1v) is 9.96. The van der Waals surface area contributed by atoms with Crippen LogP contribution in [0.25, 0.3) is 11.3 Å². The minimum absolute atomic E-state index is 0.119. The summed E-state index contributed by atoms with van der Waals surface area (Å²) in [7, 11) is 1.86. The summed E-state index contributed by atoms with van der Waals surface area (Å²) in [6, 6.07) is 18.1. The Kier molecular flexibility index (Phi) is 5.58. The summed E-state index contributed by atoms with van der Waals surface area (Å²) >= 11 is 0. The van der Waals surface area contributed by atoms with Crippen molar-refractivity contribution in [3.8, 4) is 5.69 Å². The average Bonchev–Trinajstić information content (AvgIpc) is 3.25. The lowest BCUT2D eigenvalue weighted by Crippen LogP contribution is -2.40. The molecule has 1 aliphatic rings. The summed E-state index contributed by atoms with van der Waals surface area (Å²) in [6.45, 7) is 4.11. The number of nitrogens with zero attached hydrogens (tertiary/aromatic N) is 4. The SMILES string of the molecule is Cc1ccccc1N(C)C(=O)CN1CC=C(c2cnn(-c3ccccc3)c2)CC1. The second-order valence-electron chi connectivity index (χ2n) is 7.46. The molecule has 1 aliphatic heterocycles. The molecular formula is C24H26N4O. The van der Waals surface area contributed by atoms with E-state index in [0.717, 1.165) is 42.0 Å². The van der Waals surface area contributed by atoms with Gasteiger partial charge in [0.2, 0.25) is 5.91 Å². The van der Waals surface area contributed by atoms with Crippen LogP contribution in [-0.2, 0) is 4.79 Å². The third-order valence-corrected chi connectivity index (χ3v) is 5.48. The van der Waals surface area contributed by atoms with Crippen LogP contribution in [0, 0.1) is 6.92 Å². The number of carbonyl (C=O) groups excluding carboxylic acids is 1. The number of amides is 1. The van der Waals surface area contributed by atoms with Crippen molar-refractivity contribution < 1.29 is 4.79 Å². The second kappa shape index (κ2) is 8.45. The van der Waals surface area contributed by atoms with E-state index in [9.17, 15) is 4.79 Å². The molecule has 3 aromatic rings. The summed E-state index contributed by atoms with van der Waals surface area (Å²) in [5, 5.41) is 4.50. The molecule has 0 N–H and O–H groups in total. The molecule has 5 nitrogen and oxygen atoms in total. The van der Waals surface area contributed by atoms with E-state index in [4.69, 9.17) is 0 Å². The number of aromatic nitrogens is 2. The van der Waals surface area contributed by atoms with Crippen molar-refractivity contribution in [3.63, 3.8) is 0 Å². The Morgan fingerprint density at radius 1 is 1.10 bits per heavy atom. The number of anilines is 1. The summed E-state index contributed by atoms with van der Waals surface area (Å²) in [5.41, 5.74) is 5.58. The van der Waals surface area contributed by atoms with Crippen molar-refractivity contribution in [3.05, 3.63) is 84.2 Å². The molecule has 0 saturated carbocycles. The van der Waals surface area contributed by atoms with Crippen molar-refractivity contribution in [1.29, 1.82) is 0 Å². The van der Waals surface area contributed by atoms with Crippen LogP contribution in [0.15, 0.2) is 73.1 Å². The zero-order valence-corrected chi connectivity index (χ0v) is 17.0. The van der Waals surface area contributed by atoms with E-state index in [1.54, 1.807) is 4.90 Å². The van der Waals surface area contributed by atoms with Crippen LogP contribution in [-0.4, -0.2) is 47.3 Å². The van der Waals surface area contributed by atoms with Gasteiger partial charge in [-0.05, 0) is 42.7 Å². The molecule has 2 heterocycles. The van der Waals surface area contributed by atoms with Crippen molar-refractivity contribution in [2.75, 3.05) is 31.6 Å². The van der Waals surface area contributed by atoms with E-state index in [1.807, 2.05) is 79.4 Å². The van der Waals surface area contributed by atoms with Crippen LogP contribution >= 0.6 is 0 Å². The fourth-order valence-corrected chi connectivity index (χ4v) is 3.70. The highest BCUT2D eigenvalue weighted by molar-refractivity contribution is 5.95. The van der Waals surface area contributed by atoms with Crippen LogP contribution in [0.1, 0.15) is 17.5 Å². The van der Waals surface area contributed by atoms with Crippen LogP contribution in [0.5, 0.6) is 0 Å². The lowest BCUT2D eigenvalue weighted by atomic mass is 10.0. The second-order valence-corrected chi connectivity index (χ2v) is 7.46. The molecule has 1 amide bonds. The first-order chi connectivity index (χ1) is 14.1. The molecule has 0 fully saturated rings. The number of benzene rings is 2. The molecular weight excluding hydrogens is 360 g/mol. The minimum atomic E-state index is 0.119. The highest BCUT2D eigenvalue weighted by atomic mass is 16.2. The Morgan fingerprint density at radius 2 is 1.86 bits per heavy atom. The van der Waals surface area contributed by atoms with Gasteiger partial charge in [0, 0.05) is 37.6 Å². The van der Waals surface area contributed by atoms with Gasteiger partial charge < -0.3 is 4.90 Å². The molecule has 0 aliphatic carbocycles. The van der Waals surface area contributed by atoms with Crippen LogP contribution in [0.4, 0.5) is 5.69 Å². The van der Waals surface area contributed by atoms with E-state index in [2.05, 4.69) is 22.3 Å². The Morgan fingerprint density at radius 3 is 2.59 bits per heavy atom. The Labute approximate surface area is 171 Å². The molecule has 0 bridgehead atoms. The van der Waals surface area contributed by atoms with E-state index in [0.29, 0.717) is 6.54 Å². The number of hydrogen-bond acceptors (Lipinski definition) is 3. The topological polar surface area (TPSA) is 41.4 Å². The Hall–Kier alpha value is -3.18. The highest BCUT2D eigenvalue weighted by Crippen LogP contribution is 2.23. The third kappa shape index (κ3) is 4.30. The molecule has 148 valence electrons. The molecule has 0 atom stereocenters. The molecule has 5 heteroatoms. The average molecular weight is 386 g/mol. The number of para-hydroxylation sites is 2. The molecule has 0 spiro atoms. The van der Waals surface area contributed by atoms with Crippen molar-refractivity contribution in [1.82, 2.24) is 14.7 Å². The smallest absolute Gasteiger partial charge is 0.240 e. The van der Waals surface area contributed by atoms with E-state index < -0.39 is 0 Å². The van der Waals surface area contributed by atoms with Gasteiger partial charge >= 0.3 is 0 Å². The maximum atomic E-state index is 12.7. The van der Waals surface area contributed by atoms with Crippen molar-refractivity contribution in [2.45, 2.75) is 13.3 Å². The van der Waals surface area contributed by atoms with Crippen LogP contribution in [0.3, 0.4) is 0 Å². The van der Waals surface area contributed by atoms with Gasteiger partial charge in [0.05, 0.1) is 18.4 Å². The number of likely N-dealkylation sites (N-methyl/N-ethyl adjacent to an activating group) is 1. The quantitative estimate of drug-likeness (QED) is 0.667. The lowest BCUT2D eigenvalue weighted by Gasteiger charge is -2.28. The number of aryl methyl sites for hydroxylation is 1. The van der Waals surface area contributed by atoms with Crippen LogP contribution in [0.2, 0.25) is 0 Å². The van der Waals surface area contributed by atoms with E-state index in [1.165, 1.54) is 5.57 Å². The molecule has 0 saturated heterocycles. The number of carbonyl (C=O) groups is 1. The third-order valence-electron chi connectivity index (χ3n) is 5.48. The first kappa shape index (κ1) is 19.2. The van der Waals surface area contributed by atoms with Gasteiger partial charge in [-0.25, -0.2) is 4.68 Å².